The van der Waals surface area contributed by atoms with Crippen LogP contribution in [0.3, 0.4) is 0 Å². The molecule has 1 aromatic heterocycles. The van der Waals surface area contributed by atoms with E-state index in [-0.39, 0.29) is 0 Å². The van der Waals surface area contributed by atoms with E-state index in [1.807, 2.05) is 11.3 Å². The molecule has 0 spiro atoms. The van der Waals surface area contributed by atoms with Crippen LogP contribution in [-0.2, 0) is 6.42 Å². The van der Waals surface area contributed by atoms with Gasteiger partial charge in [0.2, 0.25) is 0 Å². The fourth-order valence-corrected chi connectivity index (χ4v) is 2.57. The first-order valence-electron chi connectivity index (χ1n) is 5.39. The quantitative estimate of drug-likeness (QED) is 0.720. The Morgan fingerprint density at radius 3 is 3.29 bits per heavy atom. The molecule has 2 nitrogen and oxygen atoms in total. The number of hydrogen-bond acceptors (Lipinski definition) is 3. The van der Waals surface area contributed by atoms with Crippen LogP contribution in [0.2, 0.25) is 0 Å². The Morgan fingerprint density at radius 1 is 1.57 bits per heavy atom. The van der Waals surface area contributed by atoms with Crippen molar-refractivity contribution in [2.45, 2.75) is 12.8 Å². The van der Waals surface area contributed by atoms with Gasteiger partial charge in [0, 0.05) is 4.88 Å². The first-order chi connectivity index (χ1) is 6.95. The van der Waals surface area contributed by atoms with Crippen LogP contribution in [0.1, 0.15) is 11.3 Å². The topological polar surface area (TPSA) is 24.1 Å². The monoisotopic (exact) mass is 210 g/mol. The lowest BCUT2D eigenvalue weighted by atomic mass is 10.1. The highest BCUT2D eigenvalue weighted by molar-refractivity contribution is 7.09. The lowest BCUT2D eigenvalue weighted by Gasteiger charge is -2.08. The highest BCUT2D eigenvalue weighted by Gasteiger charge is 2.12. The van der Waals surface area contributed by atoms with E-state index in [9.17, 15) is 0 Å². The highest BCUT2D eigenvalue weighted by Crippen LogP contribution is 2.09. The highest BCUT2D eigenvalue weighted by atomic mass is 32.1. The standard InChI is InChI=1S/C11H18N2S/c1-2-11(14-7-1)4-6-13-9-10-3-5-12-8-10/h1-2,7,10,12-13H,3-6,8-9H2. The predicted octanol–water partition coefficient (Wildman–Crippen LogP) is 1.49. The third-order valence-electron chi connectivity index (χ3n) is 2.72. The minimum atomic E-state index is 0.860. The summed E-state index contributed by atoms with van der Waals surface area (Å²) in [7, 11) is 0. The van der Waals surface area contributed by atoms with Gasteiger partial charge in [-0.3, -0.25) is 0 Å². The van der Waals surface area contributed by atoms with Crippen LogP contribution in [0, 0.1) is 5.92 Å². The summed E-state index contributed by atoms with van der Waals surface area (Å²) < 4.78 is 0. The first-order valence-corrected chi connectivity index (χ1v) is 6.27. The van der Waals surface area contributed by atoms with Crippen LogP contribution >= 0.6 is 11.3 Å². The van der Waals surface area contributed by atoms with Crippen molar-refractivity contribution >= 4 is 11.3 Å². The van der Waals surface area contributed by atoms with Gasteiger partial charge in [0.1, 0.15) is 0 Å². The molecule has 1 atom stereocenters. The molecule has 1 aliphatic heterocycles. The molecule has 2 rings (SSSR count). The zero-order chi connectivity index (χ0) is 9.64. The summed E-state index contributed by atoms with van der Waals surface area (Å²) in [6.45, 7) is 4.71. The summed E-state index contributed by atoms with van der Waals surface area (Å²) in [6.07, 6.45) is 2.52. The van der Waals surface area contributed by atoms with Gasteiger partial charge < -0.3 is 10.6 Å². The number of hydrogen-bond donors (Lipinski definition) is 2. The van der Waals surface area contributed by atoms with Crippen molar-refractivity contribution in [3.05, 3.63) is 22.4 Å². The Morgan fingerprint density at radius 2 is 2.57 bits per heavy atom. The summed E-state index contributed by atoms with van der Waals surface area (Å²) >= 11 is 1.85. The average Bonchev–Trinajstić information content (AvgIpc) is 2.86. The third-order valence-corrected chi connectivity index (χ3v) is 3.66. The molecule has 0 radical (unpaired) electrons. The normalized spacial score (nSPS) is 21.6. The molecule has 14 heavy (non-hydrogen) atoms. The van der Waals surface area contributed by atoms with E-state index >= 15 is 0 Å². The van der Waals surface area contributed by atoms with Crippen molar-refractivity contribution in [3.63, 3.8) is 0 Å². The summed E-state index contributed by atoms with van der Waals surface area (Å²) in [5.41, 5.74) is 0. The van der Waals surface area contributed by atoms with Crippen LogP contribution in [0.15, 0.2) is 17.5 Å². The fraction of sp³-hybridized carbons (Fsp3) is 0.636. The van der Waals surface area contributed by atoms with E-state index in [0.29, 0.717) is 0 Å². The second-order valence-electron chi connectivity index (χ2n) is 3.89. The van der Waals surface area contributed by atoms with E-state index in [1.54, 1.807) is 0 Å². The van der Waals surface area contributed by atoms with Crippen LogP contribution in [-0.4, -0.2) is 26.2 Å². The predicted molar refractivity (Wildman–Crippen MR) is 61.9 cm³/mol. The van der Waals surface area contributed by atoms with Gasteiger partial charge in [-0.2, -0.15) is 0 Å². The summed E-state index contributed by atoms with van der Waals surface area (Å²) in [4.78, 5) is 1.49. The van der Waals surface area contributed by atoms with Gasteiger partial charge in [-0.1, -0.05) is 6.07 Å². The molecule has 0 aromatic carbocycles. The zero-order valence-electron chi connectivity index (χ0n) is 8.46. The second kappa shape index (κ2) is 5.49. The molecule has 2 N–H and O–H groups in total. The van der Waals surface area contributed by atoms with Gasteiger partial charge in [0.05, 0.1) is 0 Å². The molecule has 1 aromatic rings. The molecule has 0 aliphatic carbocycles. The van der Waals surface area contributed by atoms with Crippen molar-refractivity contribution in [3.8, 4) is 0 Å². The van der Waals surface area contributed by atoms with Crippen molar-refractivity contribution in [1.29, 1.82) is 0 Å². The first kappa shape index (κ1) is 10.1. The number of nitrogens with one attached hydrogen (secondary N) is 2. The molecule has 2 heterocycles. The van der Waals surface area contributed by atoms with E-state index in [2.05, 4.69) is 28.1 Å². The lowest BCUT2D eigenvalue weighted by Crippen LogP contribution is -2.26. The maximum atomic E-state index is 3.53. The zero-order valence-corrected chi connectivity index (χ0v) is 9.28. The molecule has 3 heteroatoms. The van der Waals surface area contributed by atoms with Crippen LogP contribution in [0.4, 0.5) is 0 Å². The van der Waals surface area contributed by atoms with E-state index in [4.69, 9.17) is 0 Å². The molecule has 1 aliphatic rings. The number of thiophene rings is 1. The molecule has 0 amide bonds. The molecule has 0 bridgehead atoms. The van der Waals surface area contributed by atoms with Gasteiger partial charge >= 0.3 is 0 Å². The minimum Gasteiger partial charge on any atom is -0.316 e. The van der Waals surface area contributed by atoms with Crippen molar-refractivity contribution in [1.82, 2.24) is 10.6 Å². The summed E-state index contributed by atoms with van der Waals surface area (Å²) in [5.74, 6) is 0.860. The van der Waals surface area contributed by atoms with Crippen molar-refractivity contribution < 1.29 is 0 Å². The van der Waals surface area contributed by atoms with Gasteiger partial charge in [0.15, 0.2) is 0 Å². The smallest absolute Gasteiger partial charge is 0.00578 e. The molecule has 0 saturated carbocycles. The van der Waals surface area contributed by atoms with Crippen LogP contribution < -0.4 is 10.6 Å². The molecular weight excluding hydrogens is 192 g/mol. The third kappa shape index (κ3) is 3.08. The Balaban J connectivity index is 1.55. The lowest BCUT2D eigenvalue weighted by molar-refractivity contribution is 0.515. The minimum absolute atomic E-state index is 0.860. The van der Waals surface area contributed by atoms with Crippen molar-refractivity contribution in [2.24, 2.45) is 5.92 Å². The van der Waals surface area contributed by atoms with E-state index in [0.717, 1.165) is 12.5 Å². The maximum absolute atomic E-state index is 3.53. The molecular formula is C11H18N2S. The molecule has 1 unspecified atom stereocenters. The van der Waals surface area contributed by atoms with Gasteiger partial charge in [0.25, 0.3) is 0 Å². The van der Waals surface area contributed by atoms with E-state index < -0.39 is 0 Å². The molecule has 1 saturated heterocycles. The SMILES string of the molecule is c1csc(CCNCC2CCNC2)c1. The van der Waals surface area contributed by atoms with E-state index in [1.165, 1.54) is 37.4 Å². The van der Waals surface area contributed by atoms with Gasteiger partial charge in [-0.25, -0.2) is 0 Å². The van der Waals surface area contributed by atoms with Gasteiger partial charge in [-0.05, 0) is 56.4 Å². The summed E-state index contributed by atoms with van der Waals surface area (Å²) in [6, 6.07) is 4.34. The summed E-state index contributed by atoms with van der Waals surface area (Å²) in [5, 5.41) is 9.07. The maximum Gasteiger partial charge on any atom is 0.00578 e. The number of rotatable bonds is 5. The second-order valence-corrected chi connectivity index (χ2v) is 4.92. The Labute approximate surface area is 89.7 Å². The molecule has 78 valence electrons. The van der Waals surface area contributed by atoms with Gasteiger partial charge in [-0.15, -0.1) is 11.3 Å². The Kier molecular flexibility index (Phi) is 3.98. The fourth-order valence-electron chi connectivity index (χ4n) is 1.86. The van der Waals surface area contributed by atoms with Crippen LogP contribution in [0.25, 0.3) is 0 Å². The Hall–Kier alpha value is -0.380. The Bertz CT molecular complexity index is 240. The van der Waals surface area contributed by atoms with Crippen molar-refractivity contribution in [2.75, 3.05) is 26.2 Å². The van der Waals surface area contributed by atoms with Crippen LogP contribution in [0.5, 0.6) is 0 Å². The molecule has 1 fully saturated rings. The largest absolute Gasteiger partial charge is 0.316 e. The average molecular weight is 210 g/mol.